The van der Waals surface area contributed by atoms with E-state index < -0.39 is 0 Å². The molecule has 3 heteroatoms. The summed E-state index contributed by atoms with van der Waals surface area (Å²) < 4.78 is 0. The first-order valence-corrected chi connectivity index (χ1v) is 8.12. The van der Waals surface area contributed by atoms with E-state index in [0.717, 1.165) is 31.6 Å². The first-order valence-electron chi connectivity index (χ1n) is 8.12. The van der Waals surface area contributed by atoms with E-state index in [1.165, 1.54) is 12.0 Å². The van der Waals surface area contributed by atoms with Gasteiger partial charge in [0.2, 0.25) is 5.91 Å². The molecule has 3 nitrogen and oxygen atoms in total. The van der Waals surface area contributed by atoms with Crippen LogP contribution in [0.3, 0.4) is 0 Å². The van der Waals surface area contributed by atoms with Crippen molar-refractivity contribution in [1.82, 2.24) is 5.32 Å². The smallest absolute Gasteiger partial charge is 0.230 e. The molecule has 1 heterocycles. The molecule has 1 aromatic carbocycles. The van der Waals surface area contributed by atoms with Crippen molar-refractivity contribution in [2.75, 3.05) is 11.4 Å². The Bertz CT molecular complexity index is 538. The zero-order valence-electron chi connectivity index (χ0n) is 13.4. The number of hydrogen-bond acceptors (Lipinski definition) is 2. The molecule has 0 radical (unpaired) electrons. The zero-order chi connectivity index (χ0) is 15.0. The third-order valence-electron chi connectivity index (χ3n) is 5.20. The van der Waals surface area contributed by atoms with Gasteiger partial charge in [-0.2, -0.15) is 0 Å². The average molecular weight is 286 g/mol. The maximum Gasteiger partial charge on any atom is 0.230 e. The Morgan fingerprint density at radius 1 is 1.33 bits per heavy atom. The number of para-hydroxylation sites is 1. The molecule has 3 rings (SSSR count). The Morgan fingerprint density at radius 3 is 2.81 bits per heavy atom. The van der Waals surface area contributed by atoms with Gasteiger partial charge in [0, 0.05) is 30.7 Å². The van der Waals surface area contributed by atoms with E-state index in [2.05, 4.69) is 44.3 Å². The summed E-state index contributed by atoms with van der Waals surface area (Å²) in [6.07, 6.45) is 3.37. The van der Waals surface area contributed by atoms with Crippen LogP contribution >= 0.6 is 0 Å². The Hall–Kier alpha value is -1.35. The summed E-state index contributed by atoms with van der Waals surface area (Å²) in [5.74, 6) is 0.483. The summed E-state index contributed by atoms with van der Waals surface area (Å²) >= 11 is 0. The first-order chi connectivity index (χ1) is 9.99. The summed E-state index contributed by atoms with van der Waals surface area (Å²) in [7, 11) is 0. The summed E-state index contributed by atoms with van der Waals surface area (Å²) in [6, 6.07) is 8.63. The Morgan fingerprint density at radius 2 is 2.10 bits per heavy atom. The van der Waals surface area contributed by atoms with E-state index in [-0.39, 0.29) is 11.3 Å². The largest absolute Gasteiger partial charge is 0.310 e. The monoisotopic (exact) mass is 286 g/mol. The summed E-state index contributed by atoms with van der Waals surface area (Å²) in [6.45, 7) is 8.26. The van der Waals surface area contributed by atoms with Gasteiger partial charge in [0.15, 0.2) is 0 Å². The highest BCUT2D eigenvalue weighted by Gasteiger charge is 2.42. The molecule has 1 N–H and O–H groups in total. The molecular formula is C18H26N2O. The maximum absolute atomic E-state index is 13.2. The minimum absolute atomic E-state index is 0.134. The van der Waals surface area contributed by atoms with Gasteiger partial charge in [-0.1, -0.05) is 38.5 Å². The van der Waals surface area contributed by atoms with Gasteiger partial charge in [0.25, 0.3) is 0 Å². The van der Waals surface area contributed by atoms with E-state index in [9.17, 15) is 4.79 Å². The number of nitrogens with zero attached hydrogens (tertiary/aromatic N) is 1. The Balaban J connectivity index is 1.94. The van der Waals surface area contributed by atoms with Crippen molar-refractivity contribution in [3.63, 3.8) is 0 Å². The number of hydrogen-bond donors (Lipinski definition) is 1. The molecule has 114 valence electrons. The number of anilines is 1. The van der Waals surface area contributed by atoms with Crippen LogP contribution in [0.1, 0.15) is 45.6 Å². The fraction of sp³-hybridized carbons (Fsp3) is 0.611. The SMILES string of the molecule is CC1CN(C(=O)C2CCCC2(C)C)c2ccccc2CN1. The fourth-order valence-electron chi connectivity index (χ4n) is 3.83. The van der Waals surface area contributed by atoms with Crippen LogP contribution in [-0.4, -0.2) is 18.5 Å². The highest BCUT2D eigenvalue weighted by molar-refractivity contribution is 5.96. The molecule has 1 fully saturated rings. The van der Waals surface area contributed by atoms with Crippen LogP contribution in [0.2, 0.25) is 0 Å². The Labute approximate surface area is 127 Å². The van der Waals surface area contributed by atoms with Crippen molar-refractivity contribution in [3.05, 3.63) is 29.8 Å². The molecule has 2 aliphatic rings. The predicted molar refractivity (Wildman–Crippen MR) is 86.2 cm³/mol. The standard InChI is InChI=1S/C18H26N2O/c1-13-12-20(16-9-5-4-7-14(16)11-19-13)17(21)15-8-6-10-18(15,2)3/h4-5,7,9,13,15,19H,6,8,10-12H2,1-3H3. The first kappa shape index (κ1) is 14.6. The number of rotatable bonds is 1. The number of fused-ring (bicyclic) bond motifs is 1. The molecular weight excluding hydrogens is 260 g/mol. The van der Waals surface area contributed by atoms with E-state index in [0.29, 0.717) is 11.9 Å². The van der Waals surface area contributed by atoms with E-state index in [1.807, 2.05) is 11.0 Å². The van der Waals surface area contributed by atoms with Crippen LogP contribution in [0.25, 0.3) is 0 Å². The number of benzene rings is 1. The second-order valence-corrected chi connectivity index (χ2v) is 7.29. The number of carbonyl (C=O) groups is 1. The van der Waals surface area contributed by atoms with Crippen LogP contribution < -0.4 is 10.2 Å². The van der Waals surface area contributed by atoms with Gasteiger partial charge in [0.05, 0.1) is 0 Å². The van der Waals surface area contributed by atoms with Crippen LogP contribution in [0, 0.1) is 11.3 Å². The molecule has 2 atom stereocenters. The topological polar surface area (TPSA) is 32.3 Å². The van der Waals surface area contributed by atoms with Crippen LogP contribution in [0.4, 0.5) is 5.69 Å². The van der Waals surface area contributed by atoms with Gasteiger partial charge in [-0.3, -0.25) is 4.79 Å². The lowest BCUT2D eigenvalue weighted by atomic mass is 9.81. The molecule has 0 saturated heterocycles. The normalized spacial score (nSPS) is 28.0. The molecule has 1 aliphatic heterocycles. The van der Waals surface area contributed by atoms with Crippen LogP contribution in [0.5, 0.6) is 0 Å². The molecule has 2 unspecified atom stereocenters. The van der Waals surface area contributed by atoms with Crippen molar-refractivity contribution in [1.29, 1.82) is 0 Å². The number of nitrogens with one attached hydrogen (secondary N) is 1. The van der Waals surface area contributed by atoms with Crippen LogP contribution in [-0.2, 0) is 11.3 Å². The van der Waals surface area contributed by atoms with Gasteiger partial charge < -0.3 is 10.2 Å². The van der Waals surface area contributed by atoms with Crippen molar-refractivity contribution >= 4 is 11.6 Å². The van der Waals surface area contributed by atoms with E-state index in [4.69, 9.17) is 0 Å². The number of carbonyl (C=O) groups excluding carboxylic acids is 1. The maximum atomic E-state index is 13.2. The third kappa shape index (κ3) is 2.71. The lowest BCUT2D eigenvalue weighted by Gasteiger charge is -2.33. The molecule has 1 saturated carbocycles. The molecule has 1 aromatic rings. The Kier molecular flexibility index (Phi) is 3.78. The van der Waals surface area contributed by atoms with Gasteiger partial charge >= 0.3 is 0 Å². The molecule has 21 heavy (non-hydrogen) atoms. The highest BCUT2D eigenvalue weighted by atomic mass is 16.2. The molecule has 0 aromatic heterocycles. The summed E-state index contributed by atoms with van der Waals surface area (Å²) in [5.41, 5.74) is 2.46. The fourth-order valence-corrected chi connectivity index (χ4v) is 3.83. The molecule has 0 spiro atoms. The van der Waals surface area contributed by atoms with Crippen molar-refractivity contribution in [2.24, 2.45) is 11.3 Å². The quantitative estimate of drug-likeness (QED) is 0.859. The summed E-state index contributed by atoms with van der Waals surface area (Å²) in [4.78, 5) is 15.2. The molecule has 0 bridgehead atoms. The van der Waals surface area contributed by atoms with Crippen molar-refractivity contribution in [3.8, 4) is 0 Å². The minimum atomic E-state index is 0.134. The molecule has 1 aliphatic carbocycles. The van der Waals surface area contributed by atoms with Gasteiger partial charge in [-0.25, -0.2) is 0 Å². The van der Waals surface area contributed by atoms with Crippen LogP contribution in [0.15, 0.2) is 24.3 Å². The average Bonchev–Trinajstić information content (AvgIpc) is 2.72. The highest BCUT2D eigenvalue weighted by Crippen LogP contribution is 2.44. The third-order valence-corrected chi connectivity index (χ3v) is 5.20. The van der Waals surface area contributed by atoms with Crippen molar-refractivity contribution in [2.45, 2.75) is 52.6 Å². The lowest BCUT2D eigenvalue weighted by molar-refractivity contribution is -0.125. The minimum Gasteiger partial charge on any atom is -0.310 e. The predicted octanol–water partition coefficient (Wildman–Crippen LogP) is 3.34. The number of amides is 1. The van der Waals surface area contributed by atoms with E-state index in [1.54, 1.807) is 0 Å². The van der Waals surface area contributed by atoms with E-state index >= 15 is 0 Å². The molecule has 1 amide bonds. The van der Waals surface area contributed by atoms with Gasteiger partial charge in [-0.15, -0.1) is 0 Å². The van der Waals surface area contributed by atoms with Gasteiger partial charge in [-0.05, 0) is 36.8 Å². The second-order valence-electron chi connectivity index (χ2n) is 7.29. The summed E-state index contributed by atoms with van der Waals surface area (Å²) in [5, 5.41) is 3.50. The second kappa shape index (κ2) is 5.45. The lowest BCUT2D eigenvalue weighted by Crippen LogP contribution is -2.44. The van der Waals surface area contributed by atoms with Gasteiger partial charge in [0.1, 0.15) is 0 Å². The van der Waals surface area contributed by atoms with Crippen molar-refractivity contribution < 1.29 is 4.79 Å². The zero-order valence-corrected chi connectivity index (χ0v) is 13.4.